The van der Waals surface area contributed by atoms with Crippen LogP contribution in [-0.4, -0.2) is 19.7 Å². The Morgan fingerprint density at radius 1 is 1.18 bits per heavy atom. The number of nitrogens with one attached hydrogen (secondary N) is 1. The maximum absolute atomic E-state index is 5.22. The molecule has 2 rings (SSSR count). The van der Waals surface area contributed by atoms with E-state index in [1.54, 1.807) is 7.11 Å². The number of ether oxygens (including phenoxy) is 1. The summed E-state index contributed by atoms with van der Waals surface area (Å²) < 4.78 is 5.22. The fourth-order valence-electron chi connectivity index (χ4n) is 2.13. The molecule has 1 N–H and O–H groups in total. The second-order valence-corrected chi connectivity index (χ2v) is 4.89. The van der Waals surface area contributed by atoms with Crippen molar-refractivity contribution < 1.29 is 4.74 Å². The summed E-state index contributed by atoms with van der Waals surface area (Å²) in [5.41, 5.74) is 2.78. The lowest BCUT2D eigenvalue weighted by Crippen LogP contribution is -2.17. The first-order valence-corrected chi connectivity index (χ1v) is 6.69. The van der Waals surface area contributed by atoms with Crippen LogP contribution in [0.3, 0.4) is 0 Å². The highest BCUT2D eigenvalue weighted by molar-refractivity contribution is 5.26. The first kappa shape index (κ1) is 12.6. The molecular weight excluding hydrogens is 210 g/mol. The smallest absolute Gasteiger partial charge is 0.0715 e. The molecule has 1 saturated carbocycles. The fraction of sp³-hybridized carbons (Fsp3) is 0.600. The summed E-state index contributed by atoms with van der Waals surface area (Å²) in [5, 5.41) is 3.56. The van der Waals surface area contributed by atoms with Gasteiger partial charge >= 0.3 is 0 Å². The van der Waals surface area contributed by atoms with Crippen LogP contribution in [-0.2, 0) is 17.8 Å². The Kier molecular flexibility index (Phi) is 5.02. The summed E-state index contributed by atoms with van der Waals surface area (Å²) in [6, 6.07) is 9.45. The molecule has 2 heteroatoms. The van der Waals surface area contributed by atoms with Gasteiger partial charge in [-0.05, 0) is 49.8 Å². The van der Waals surface area contributed by atoms with Crippen molar-refractivity contribution in [2.24, 2.45) is 0 Å². The van der Waals surface area contributed by atoms with E-state index < -0.39 is 0 Å². The van der Waals surface area contributed by atoms with Crippen LogP contribution in [0.25, 0.3) is 0 Å². The molecule has 94 valence electrons. The molecule has 0 heterocycles. The van der Waals surface area contributed by atoms with Crippen molar-refractivity contribution in [3.05, 3.63) is 35.4 Å². The molecule has 0 aromatic heterocycles. The zero-order valence-corrected chi connectivity index (χ0v) is 10.7. The van der Waals surface area contributed by atoms with Gasteiger partial charge in [-0.3, -0.25) is 0 Å². The minimum absolute atomic E-state index is 0.733. The Bertz CT molecular complexity index is 333. The van der Waals surface area contributed by atoms with Crippen LogP contribution in [0.15, 0.2) is 24.3 Å². The van der Waals surface area contributed by atoms with E-state index in [1.165, 1.54) is 49.8 Å². The van der Waals surface area contributed by atoms with Gasteiger partial charge < -0.3 is 10.1 Å². The molecule has 1 aromatic carbocycles. The van der Waals surface area contributed by atoms with Crippen LogP contribution in [0.5, 0.6) is 0 Å². The van der Waals surface area contributed by atoms with E-state index in [1.807, 2.05) is 0 Å². The van der Waals surface area contributed by atoms with Gasteiger partial charge in [-0.2, -0.15) is 0 Å². The molecule has 0 aliphatic heterocycles. The van der Waals surface area contributed by atoms with E-state index >= 15 is 0 Å². The number of unbranched alkanes of at least 4 members (excludes halogenated alkanes) is 1. The largest absolute Gasteiger partial charge is 0.380 e. The fourth-order valence-corrected chi connectivity index (χ4v) is 2.13. The number of methoxy groups -OCH3 is 1. The molecular formula is C15H23NO. The lowest BCUT2D eigenvalue weighted by molar-refractivity contribution is 0.184. The minimum Gasteiger partial charge on any atom is -0.380 e. The van der Waals surface area contributed by atoms with E-state index in [0.717, 1.165) is 12.6 Å². The van der Waals surface area contributed by atoms with Crippen LogP contribution < -0.4 is 5.32 Å². The van der Waals surface area contributed by atoms with Crippen molar-refractivity contribution in [3.8, 4) is 0 Å². The molecule has 0 spiro atoms. The summed E-state index contributed by atoms with van der Waals surface area (Å²) in [4.78, 5) is 0. The van der Waals surface area contributed by atoms with Gasteiger partial charge in [0, 0.05) is 13.2 Å². The van der Waals surface area contributed by atoms with Crippen molar-refractivity contribution in [2.75, 3.05) is 13.7 Å². The standard InChI is InChI=1S/C15H23NO/c1-17-12-14-8-3-2-6-13(14)7-4-5-11-16-15-9-10-15/h2-3,6,8,15-16H,4-5,7,9-12H2,1H3. The van der Waals surface area contributed by atoms with Gasteiger partial charge in [0.25, 0.3) is 0 Å². The average molecular weight is 233 g/mol. The van der Waals surface area contributed by atoms with Crippen molar-refractivity contribution in [1.82, 2.24) is 5.32 Å². The molecule has 1 aliphatic rings. The van der Waals surface area contributed by atoms with E-state index in [0.29, 0.717) is 0 Å². The SMILES string of the molecule is COCc1ccccc1CCCCNC1CC1. The molecule has 0 amide bonds. The predicted molar refractivity (Wildman–Crippen MR) is 71.1 cm³/mol. The summed E-state index contributed by atoms with van der Waals surface area (Å²) in [7, 11) is 1.76. The van der Waals surface area contributed by atoms with Gasteiger partial charge in [0.15, 0.2) is 0 Å². The molecule has 0 radical (unpaired) electrons. The second kappa shape index (κ2) is 6.77. The van der Waals surface area contributed by atoms with Crippen LogP contribution in [0.2, 0.25) is 0 Å². The number of hydrogen-bond acceptors (Lipinski definition) is 2. The summed E-state index contributed by atoms with van der Waals surface area (Å²) in [6.07, 6.45) is 6.48. The molecule has 1 fully saturated rings. The Morgan fingerprint density at radius 2 is 1.94 bits per heavy atom. The minimum atomic E-state index is 0.733. The predicted octanol–water partition coefficient (Wildman–Crippen LogP) is 2.91. The maximum Gasteiger partial charge on any atom is 0.0715 e. The first-order chi connectivity index (χ1) is 8.40. The van der Waals surface area contributed by atoms with Crippen LogP contribution in [0.4, 0.5) is 0 Å². The summed E-state index contributed by atoms with van der Waals surface area (Å²) in [5.74, 6) is 0. The number of benzene rings is 1. The second-order valence-electron chi connectivity index (χ2n) is 4.89. The molecule has 0 saturated heterocycles. The highest BCUT2D eigenvalue weighted by Crippen LogP contribution is 2.18. The number of aryl methyl sites for hydroxylation is 1. The maximum atomic E-state index is 5.22. The monoisotopic (exact) mass is 233 g/mol. The quantitative estimate of drug-likeness (QED) is 0.697. The van der Waals surface area contributed by atoms with E-state index in [4.69, 9.17) is 4.74 Å². The van der Waals surface area contributed by atoms with Gasteiger partial charge in [0.05, 0.1) is 6.61 Å². The zero-order chi connectivity index (χ0) is 11.9. The highest BCUT2D eigenvalue weighted by atomic mass is 16.5. The Hall–Kier alpha value is -0.860. The summed E-state index contributed by atoms with van der Waals surface area (Å²) >= 11 is 0. The molecule has 1 aliphatic carbocycles. The van der Waals surface area contributed by atoms with E-state index in [2.05, 4.69) is 29.6 Å². The van der Waals surface area contributed by atoms with Crippen molar-refractivity contribution in [1.29, 1.82) is 0 Å². The van der Waals surface area contributed by atoms with Gasteiger partial charge in [0.2, 0.25) is 0 Å². The Morgan fingerprint density at radius 3 is 2.65 bits per heavy atom. The third kappa shape index (κ3) is 4.49. The number of hydrogen-bond donors (Lipinski definition) is 1. The lowest BCUT2D eigenvalue weighted by Gasteiger charge is -2.08. The highest BCUT2D eigenvalue weighted by Gasteiger charge is 2.19. The average Bonchev–Trinajstić information content (AvgIpc) is 3.15. The normalized spacial score (nSPS) is 15.1. The third-order valence-corrected chi connectivity index (χ3v) is 3.30. The van der Waals surface area contributed by atoms with Gasteiger partial charge in [-0.1, -0.05) is 24.3 Å². The molecule has 2 nitrogen and oxygen atoms in total. The van der Waals surface area contributed by atoms with Crippen molar-refractivity contribution >= 4 is 0 Å². The summed E-state index contributed by atoms with van der Waals surface area (Å²) in [6.45, 7) is 1.91. The van der Waals surface area contributed by atoms with Crippen molar-refractivity contribution in [3.63, 3.8) is 0 Å². The third-order valence-electron chi connectivity index (χ3n) is 3.30. The van der Waals surface area contributed by atoms with Gasteiger partial charge in [-0.25, -0.2) is 0 Å². The van der Waals surface area contributed by atoms with E-state index in [-0.39, 0.29) is 0 Å². The number of rotatable bonds is 8. The lowest BCUT2D eigenvalue weighted by atomic mass is 10.0. The molecule has 17 heavy (non-hydrogen) atoms. The van der Waals surface area contributed by atoms with Crippen LogP contribution in [0.1, 0.15) is 36.8 Å². The van der Waals surface area contributed by atoms with E-state index in [9.17, 15) is 0 Å². The van der Waals surface area contributed by atoms with Crippen molar-refractivity contribution in [2.45, 2.75) is 44.8 Å². The molecule has 1 aromatic rings. The molecule has 0 unspecified atom stereocenters. The Labute approximate surface area is 104 Å². The first-order valence-electron chi connectivity index (χ1n) is 6.69. The molecule has 0 bridgehead atoms. The molecule has 0 atom stereocenters. The van der Waals surface area contributed by atoms with Crippen LogP contribution in [0, 0.1) is 0 Å². The van der Waals surface area contributed by atoms with Gasteiger partial charge in [0.1, 0.15) is 0 Å². The zero-order valence-electron chi connectivity index (χ0n) is 10.7. The topological polar surface area (TPSA) is 21.3 Å². The van der Waals surface area contributed by atoms with Crippen LogP contribution >= 0.6 is 0 Å². The van der Waals surface area contributed by atoms with Gasteiger partial charge in [-0.15, -0.1) is 0 Å². The Balaban J connectivity index is 1.69.